The van der Waals surface area contributed by atoms with E-state index in [1.54, 1.807) is 17.8 Å². The number of thioether (sulfide) groups is 2. The average molecular weight is 607 g/mol. The van der Waals surface area contributed by atoms with Crippen molar-refractivity contribution in [1.29, 1.82) is 0 Å². The molecule has 0 bridgehead atoms. The van der Waals surface area contributed by atoms with Crippen LogP contribution in [0.1, 0.15) is 23.9 Å². The molecule has 164 valence electrons. The molecule has 0 aliphatic carbocycles. The van der Waals surface area contributed by atoms with E-state index in [-0.39, 0.29) is 11.7 Å². The van der Waals surface area contributed by atoms with Crippen LogP contribution in [0, 0.1) is 10.5 Å². The Labute approximate surface area is 214 Å². The van der Waals surface area contributed by atoms with E-state index in [1.807, 2.05) is 48.7 Å². The number of nitrogens with one attached hydrogen (secondary N) is 1. The van der Waals surface area contributed by atoms with Crippen molar-refractivity contribution in [2.24, 2.45) is 0 Å². The number of nitrogens with zero attached hydrogens (tertiary/aromatic N) is 3. The van der Waals surface area contributed by atoms with Crippen LogP contribution >= 0.6 is 69.3 Å². The number of carbonyl (C=O) groups is 1. The maximum Gasteiger partial charge on any atom is 0.234 e. The lowest BCUT2D eigenvalue weighted by Gasteiger charge is -2.10. The van der Waals surface area contributed by atoms with Crippen LogP contribution in [0.25, 0.3) is 0 Å². The molecule has 0 spiro atoms. The smallest absolute Gasteiger partial charge is 0.234 e. The molecule has 0 radical (unpaired) electrons. The van der Waals surface area contributed by atoms with E-state index in [2.05, 4.69) is 38.1 Å². The number of carbonyl (C=O) groups excluding carboxylic acids is 1. The van der Waals surface area contributed by atoms with Crippen LogP contribution in [-0.2, 0) is 22.8 Å². The molecule has 0 saturated carbocycles. The van der Waals surface area contributed by atoms with E-state index < -0.39 is 0 Å². The second-order valence-corrected chi connectivity index (χ2v) is 10.7. The second-order valence-electron chi connectivity index (χ2n) is 6.67. The van der Waals surface area contributed by atoms with Gasteiger partial charge in [0.2, 0.25) is 5.91 Å². The van der Waals surface area contributed by atoms with Crippen molar-refractivity contribution in [3.05, 3.63) is 67.0 Å². The topological polar surface area (TPSA) is 59.8 Å². The normalized spacial score (nSPS) is 11.0. The molecule has 1 heterocycles. The van der Waals surface area contributed by atoms with Gasteiger partial charge in [0.15, 0.2) is 5.16 Å². The number of aryl methyl sites for hydroxylation is 1. The zero-order valence-electron chi connectivity index (χ0n) is 17.0. The SMILES string of the molecule is CCn1c(CSCc2ccc(Cl)cc2Cl)nnc1SCC(=O)Nc1ccc(I)cc1C. The minimum absolute atomic E-state index is 0.0618. The van der Waals surface area contributed by atoms with E-state index in [0.717, 1.165) is 43.7 Å². The number of hydrogen-bond acceptors (Lipinski definition) is 5. The van der Waals surface area contributed by atoms with Crippen LogP contribution in [0.4, 0.5) is 5.69 Å². The van der Waals surface area contributed by atoms with E-state index >= 15 is 0 Å². The maximum atomic E-state index is 12.4. The van der Waals surface area contributed by atoms with Crippen LogP contribution in [-0.4, -0.2) is 26.4 Å². The Morgan fingerprint density at radius 3 is 2.68 bits per heavy atom. The van der Waals surface area contributed by atoms with Crippen molar-refractivity contribution >= 4 is 80.9 Å². The molecule has 0 aliphatic rings. The molecule has 3 aromatic rings. The Hall–Kier alpha value is -0.940. The molecule has 0 fully saturated rings. The van der Waals surface area contributed by atoms with Gasteiger partial charge < -0.3 is 9.88 Å². The van der Waals surface area contributed by atoms with Gasteiger partial charge in [-0.1, -0.05) is 41.0 Å². The number of halogens is 3. The molecule has 0 unspecified atom stereocenters. The number of rotatable bonds is 9. The quantitative estimate of drug-likeness (QED) is 0.217. The monoisotopic (exact) mass is 606 g/mol. The summed E-state index contributed by atoms with van der Waals surface area (Å²) in [5, 5.41) is 13.6. The molecule has 1 aromatic heterocycles. The summed E-state index contributed by atoms with van der Waals surface area (Å²) in [4.78, 5) is 12.4. The van der Waals surface area contributed by atoms with E-state index in [1.165, 1.54) is 11.8 Å². The predicted molar refractivity (Wildman–Crippen MR) is 140 cm³/mol. The first-order valence-electron chi connectivity index (χ1n) is 9.50. The summed E-state index contributed by atoms with van der Waals surface area (Å²) < 4.78 is 3.19. The molecule has 31 heavy (non-hydrogen) atoms. The van der Waals surface area contributed by atoms with E-state index in [4.69, 9.17) is 23.2 Å². The van der Waals surface area contributed by atoms with Crippen LogP contribution in [0.5, 0.6) is 0 Å². The summed E-state index contributed by atoms with van der Waals surface area (Å²) in [6, 6.07) is 11.5. The van der Waals surface area contributed by atoms with Gasteiger partial charge in [-0.15, -0.1) is 22.0 Å². The third-order valence-electron chi connectivity index (χ3n) is 4.41. The molecule has 1 amide bonds. The van der Waals surface area contributed by atoms with Gasteiger partial charge >= 0.3 is 0 Å². The molecular formula is C21H21Cl2IN4OS2. The standard InChI is InChI=1S/C21H21Cl2IN4OS2/c1-3-28-19(11-30-10-14-4-5-15(22)9-17(14)23)26-27-21(28)31-12-20(29)25-18-7-6-16(24)8-13(18)2/h4-9H,3,10-12H2,1-2H3,(H,25,29). The lowest BCUT2D eigenvalue weighted by Crippen LogP contribution is -2.15. The number of hydrogen-bond donors (Lipinski definition) is 1. The van der Waals surface area contributed by atoms with Gasteiger partial charge in [0, 0.05) is 31.6 Å². The lowest BCUT2D eigenvalue weighted by atomic mass is 10.2. The Kier molecular flexibility index (Phi) is 9.39. The number of anilines is 1. The fourth-order valence-corrected chi connectivity index (χ4v) is 5.82. The third kappa shape index (κ3) is 7.02. The number of amides is 1. The molecular weight excluding hydrogens is 586 g/mol. The Morgan fingerprint density at radius 2 is 1.97 bits per heavy atom. The first kappa shape index (κ1) is 24.7. The summed E-state index contributed by atoms with van der Waals surface area (Å²) in [6.45, 7) is 4.78. The highest BCUT2D eigenvalue weighted by molar-refractivity contribution is 14.1. The molecule has 0 aliphatic heterocycles. The van der Waals surface area contributed by atoms with E-state index in [0.29, 0.717) is 15.8 Å². The zero-order valence-corrected chi connectivity index (χ0v) is 22.3. The van der Waals surface area contributed by atoms with Crippen LogP contribution < -0.4 is 5.32 Å². The molecule has 0 atom stereocenters. The fraction of sp³-hybridized carbons (Fsp3) is 0.286. The van der Waals surface area contributed by atoms with Gasteiger partial charge in [-0.3, -0.25) is 4.79 Å². The van der Waals surface area contributed by atoms with Crippen molar-refractivity contribution in [1.82, 2.24) is 14.8 Å². The van der Waals surface area contributed by atoms with Crippen molar-refractivity contribution < 1.29 is 4.79 Å². The molecule has 5 nitrogen and oxygen atoms in total. The minimum atomic E-state index is -0.0618. The lowest BCUT2D eigenvalue weighted by molar-refractivity contribution is -0.113. The second kappa shape index (κ2) is 11.8. The summed E-state index contributed by atoms with van der Waals surface area (Å²) >= 11 is 17.6. The molecule has 1 N–H and O–H groups in total. The van der Waals surface area contributed by atoms with Gasteiger partial charge in [0.1, 0.15) is 5.82 Å². The predicted octanol–water partition coefficient (Wildman–Crippen LogP) is 6.68. The highest BCUT2D eigenvalue weighted by Gasteiger charge is 2.14. The highest BCUT2D eigenvalue weighted by atomic mass is 127. The largest absolute Gasteiger partial charge is 0.325 e. The molecule has 0 saturated heterocycles. The van der Waals surface area contributed by atoms with Crippen molar-refractivity contribution in [2.75, 3.05) is 11.1 Å². The van der Waals surface area contributed by atoms with Crippen molar-refractivity contribution in [2.45, 2.75) is 37.1 Å². The van der Waals surface area contributed by atoms with Crippen molar-refractivity contribution in [3.8, 4) is 0 Å². The maximum absolute atomic E-state index is 12.4. The Balaban J connectivity index is 1.54. The minimum Gasteiger partial charge on any atom is -0.325 e. The number of aromatic nitrogens is 3. The van der Waals surface area contributed by atoms with Gasteiger partial charge in [-0.05, 0) is 77.9 Å². The average Bonchev–Trinajstić information content (AvgIpc) is 3.12. The molecule has 10 heteroatoms. The van der Waals surface area contributed by atoms with Gasteiger partial charge in [-0.2, -0.15) is 0 Å². The van der Waals surface area contributed by atoms with Crippen LogP contribution in [0.2, 0.25) is 10.0 Å². The summed E-state index contributed by atoms with van der Waals surface area (Å²) in [5.41, 5.74) is 2.92. The highest BCUT2D eigenvalue weighted by Crippen LogP contribution is 2.27. The fourth-order valence-electron chi connectivity index (χ4n) is 2.82. The Morgan fingerprint density at radius 1 is 1.16 bits per heavy atom. The van der Waals surface area contributed by atoms with Crippen LogP contribution in [0.15, 0.2) is 41.6 Å². The first-order chi connectivity index (χ1) is 14.9. The zero-order chi connectivity index (χ0) is 22.4. The van der Waals surface area contributed by atoms with Gasteiger partial charge in [-0.25, -0.2) is 0 Å². The van der Waals surface area contributed by atoms with E-state index in [9.17, 15) is 4.79 Å². The van der Waals surface area contributed by atoms with Gasteiger partial charge in [0.05, 0.1) is 11.5 Å². The Bertz CT molecular complexity index is 1080. The first-order valence-corrected chi connectivity index (χ1v) is 13.5. The number of benzene rings is 2. The molecule has 3 rings (SSSR count). The van der Waals surface area contributed by atoms with Crippen molar-refractivity contribution in [3.63, 3.8) is 0 Å². The van der Waals surface area contributed by atoms with Gasteiger partial charge in [0.25, 0.3) is 0 Å². The summed E-state index contributed by atoms with van der Waals surface area (Å²) in [5.74, 6) is 2.56. The third-order valence-corrected chi connectivity index (χ3v) is 7.61. The summed E-state index contributed by atoms with van der Waals surface area (Å²) in [6.07, 6.45) is 0. The van der Waals surface area contributed by atoms with Crippen LogP contribution in [0.3, 0.4) is 0 Å². The summed E-state index contributed by atoms with van der Waals surface area (Å²) in [7, 11) is 0. The molecule has 2 aromatic carbocycles.